The molecule has 1 aliphatic heterocycles. The third-order valence-electron chi connectivity index (χ3n) is 5.12. The summed E-state index contributed by atoms with van der Waals surface area (Å²) in [5.41, 5.74) is 0.914. The Balaban J connectivity index is 1.76. The number of furan rings is 1. The van der Waals surface area contributed by atoms with E-state index in [-0.39, 0.29) is 11.9 Å². The standard InChI is InChI=1S/C21H28N2O4/c1-22-12-10-17(11-13-22)23(14-15-25-2)21(24)20-9-8-19(27-20)16-4-6-18(26-3)7-5-16/h4-9,17H,10-15H2,1-3H3. The van der Waals surface area contributed by atoms with Gasteiger partial charge in [-0.25, -0.2) is 0 Å². The Labute approximate surface area is 160 Å². The van der Waals surface area contributed by atoms with Gasteiger partial charge in [0.15, 0.2) is 5.76 Å². The van der Waals surface area contributed by atoms with Gasteiger partial charge in [0, 0.05) is 25.3 Å². The third kappa shape index (κ3) is 4.70. The molecule has 0 bridgehead atoms. The maximum Gasteiger partial charge on any atom is 0.289 e. The number of nitrogens with zero attached hydrogens (tertiary/aromatic N) is 2. The smallest absolute Gasteiger partial charge is 0.289 e. The molecule has 6 heteroatoms. The largest absolute Gasteiger partial charge is 0.497 e. The summed E-state index contributed by atoms with van der Waals surface area (Å²) < 4.78 is 16.3. The number of benzene rings is 1. The number of carbonyl (C=O) groups excluding carboxylic acids is 1. The number of ether oxygens (including phenoxy) is 2. The highest BCUT2D eigenvalue weighted by Gasteiger charge is 2.29. The fourth-order valence-corrected chi connectivity index (χ4v) is 3.45. The Morgan fingerprint density at radius 1 is 1.15 bits per heavy atom. The number of piperidine rings is 1. The minimum absolute atomic E-state index is 0.0682. The summed E-state index contributed by atoms with van der Waals surface area (Å²) in [6.45, 7) is 3.08. The summed E-state index contributed by atoms with van der Waals surface area (Å²) in [5.74, 6) is 1.77. The fraction of sp³-hybridized carbons (Fsp3) is 0.476. The van der Waals surface area contributed by atoms with Crippen molar-refractivity contribution < 1.29 is 18.7 Å². The van der Waals surface area contributed by atoms with Gasteiger partial charge in [0.2, 0.25) is 0 Å². The van der Waals surface area contributed by atoms with Gasteiger partial charge < -0.3 is 23.7 Å². The lowest BCUT2D eigenvalue weighted by Crippen LogP contribution is -2.47. The minimum atomic E-state index is -0.0682. The van der Waals surface area contributed by atoms with Crippen molar-refractivity contribution in [3.8, 4) is 17.1 Å². The average molecular weight is 372 g/mol. The van der Waals surface area contributed by atoms with Crippen LogP contribution in [0.5, 0.6) is 5.75 Å². The molecule has 1 aromatic carbocycles. The zero-order valence-corrected chi connectivity index (χ0v) is 16.3. The molecule has 2 aromatic rings. The first-order valence-electron chi connectivity index (χ1n) is 9.35. The van der Waals surface area contributed by atoms with Crippen molar-refractivity contribution in [3.63, 3.8) is 0 Å². The van der Waals surface area contributed by atoms with E-state index in [1.165, 1.54) is 0 Å². The van der Waals surface area contributed by atoms with E-state index in [0.29, 0.717) is 24.7 Å². The van der Waals surface area contributed by atoms with E-state index >= 15 is 0 Å². The topological polar surface area (TPSA) is 55.1 Å². The monoisotopic (exact) mass is 372 g/mol. The molecule has 0 saturated carbocycles. The maximum atomic E-state index is 13.1. The fourth-order valence-electron chi connectivity index (χ4n) is 3.45. The summed E-state index contributed by atoms with van der Waals surface area (Å²) >= 11 is 0. The van der Waals surface area contributed by atoms with Gasteiger partial charge in [-0.2, -0.15) is 0 Å². The second-order valence-corrected chi connectivity index (χ2v) is 6.92. The molecule has 1 fully saturated rings. The average Bonchev–Trinajstić information content (AvgIpc) is 3.19. The Morgan fingerprint density at radius 2 is 1.85 bits per heavy atom. The normalized spacial score (nSPS) is 15.7. The molecule has 0 radical (unpaired) electrons. The molecule has 146 valence electrons. The number of carbonyl (C=O) groups is 1. The predicted molar refractivity (Wildman–Crippen MR) is 104 cm³/mol. The highest BCUT2D eigenvalue weighted by atomic mass is 16.5. The molecule has 0 aliphatic carbocycles. The van der Waals surface area contributed by atoms with Gasteiger partial charge in [0.1, 0.15) is 11.5 Å². The lowest BCUT2D eigenvalue weighted by Gasteiger charge is -2.36. The van der Waals surface area contributed by atoms with Gasteiger partial charge >= 0.3 is 0 Å². The third-order valence-corrected chi connectivity index (χ3v) is 5.12. The van der Waals surface area contributed by atoms with Crippen molar-refractivity contribution in [1.82, 2.24) is 9.80 Å². The van der Waals surface area contributed by atoms with Crippen LogP contribution in [0.3, 0.4) is 0 Å². The first kappa shape index (κ1) is 19.5. The van der Waals surface area contributed by atoms with Crippen molar-refractivity contribution in [3.05, 3.63) is 42.2 Å². The van der Waals surface area contributed by atoms with Gasteiger partial charge in [-0.05, 0) is 69.4 Å². The molecule has 1 aromatic heterocycles. The van der Waals surface area contributed by atoms with Crippen molar-refractivity contribution in [2.24, 2.45) is 0 Å². The quantitative estimate of drug-likeness (QED) is 0.747. The van der Waals surface area contributed by atoms with Crippen molar-refractivity contribution in [1.29, 1.82) is 0 Å². The second-order valence-electron chi connectivity index (χ2n) is 6.92. The van der Waals surface area contributed by atoms with Gasteiger partial charge in [-0.1, -0.05) is 0 Å². The van der Waals surface area contributed by atoms with Gasteiger partial charge in [-0.3, -0.25) is 4.79 Å². The van der Waals surface area contributed by atoms with Crippen LogP contribution in [0.2, 0.25) is 0 Å². The Morgan fingerprint density at radius 3 is 2.48 bits per heavy atom. The molecule has 1 aliphatic rings. The van der Waals surface area contributed by atoms with Crippen molar-refractivity contribution >= 4 is 5.91 Å². The highest BCUT2D eigenvalue weighted by Crippen LogP contribution is 2.26. The molecule has 0 N–H and O–H groups in total. The van der Waals surface area contributed by atoms with Crippen LogP contribution < -0.4 is 4.74 Å². The highest BCUT2D eigenvalue weighted by molar-refractivity contribution is 5.92. The molecule has 2 heterocycles. The lowest BCUT2D eigenvalue weighted by molar-refractivity contribution is 0.0477. The molecule has 6 nitrogen and oxygen atoms in total. The summed E-state index contributed by atoms with van der Waals surface area (Å²) in [7, 11) is 5.41. The van der Waals surface area contributed by atoms with Crippen LogP contribution >= 0.6 is 0 Å². The molecule has 27 heavy (non-hydrogen) atoms. The van der Waals surface area contributed by atoms with Crippen LogP contribution in [0.1, 0.15) is 23.4 Å². The minimum Gasteiger partial charge on any atom is -0.497 e. The van der Waals surface area contributed by atoms with E-state index in [1.807, 2.05) is 35.2 Å². The molecular formula is C21H28N2O4. The molecule has 1 saturated heterocycles. The molecule has 0 atom stereocenters. The summed E-state index contributed by atoms with van der Waals surface area (Å²) in [6, 6.07) is 11.4. The maximum absolute atomic E-state index is 13.1. The predicted octanol–water partition coefficient (Wildman–Crippen LogP) is 3.14. The summed E-state index contributed by atoms with van der Waals surface area (Å²) in [5, 5.41) is 0. The van der Waals surface area contributed by atoms with Crippen LogP contribution in [0.15, 0.2) is 40.8 Å². The number of likely N-dealkylation sites (tertiary alicyclic amines) is 1. The van der Waals surface area contributed by atoms with E-state index in [4.69, 9.17) is 13.9 Å². The van der Waals surface area contributed by atoms with E-state index in [0.717, 1.165) is 37.2 Å². The SMILES string of the molecule is COCCN(C(=O)c1ccc(-c2ccc(OC)cc2)o1)C1CCN(C)CC1. The number of methoxy groups -OCH3 is 2. The zero-order valence-electron chi connectivity index (χ0n) is 16.3. The number of hydrogen-bond donors (Lipinski definition) is 0. The summed E-state index contributed by atoms with van der Waals surface area (Å²) in [6.07, 6.45) is 1.94. The Hall–Kier alpha value is -2.31. The van der Waals surface area contributed by atoms with Crippen molar-refractivity contribution in [2.45, 2.75) is 18.9 Å². The molecule has 3 rings (SSSR count). The van der Waals surface area contributed by atoms with Crippen LogP contribution in [0.4, 0.5) is 0 Å². The Bertz CT molecular complexity index is 733. The van der Waals surface area contributed by atoms with Gasteiger partial charge in [-0.15, -0.1) is 0 Å². The first-order chi connectivity index (χ1) is 13.1. The van der Waals surface area contributed by atoms with Crippen LogP contribution in [-0.2, 0) is 4.74 Å². The van der Waals surface area contributed by atoms with Gasteiger partial charge in [0.05, 0.1) is 13.7 Å². The van der Waals surface area contributed by atoms with Gasteiger partial charge in [0.25, 0.3) is 5.91 Å². The van der Waals surface area contributed by atoms with Crippen LogP contribution in [-0.4, -0.2) is 69.3 Å². The summed E-state index contributed by atoms with van der Waals surface area (Å²) in [4.78, 5) is 17.3. The second kappa shape index (κ2) is 9.06. The lowest BCUT2D eigenvalue weighted by atomic mass is 10.0. The van der Waals surface area contributed by atoms with E-state index in [2.05, 4.69) is 11.9 Å². The Kier molecular flexibility index (Phi) is 6.53. The molecule has 1 amide bonds. The van der Waals surface area contributed by atoms with Crippen molar-refractivity contribution in [2.75, 3.05) is 47.5 Å². The van der Waals surface area contributed by atoms with E-state index in [9.17, 15) is 4.79 Å². The van der Waals surface area contributed by atoms with E-state index in [1.54, 1.807) is 20.3 Å². The number of amides is 1. The number of rotatable bonds is 7. The molecular weight excluding hydrogens is 344 g/mol. The first-order valence-corrected chi connectivity index (χ1v) is 9.35. The van der Waals surface area contributed by atoms with Crippen LogP contribution in [0.25, 0.3) is 11.3 Å². The van der Waals surface area contributed by atoms with E-state index < -0.39 is 0 Å². The number of hydrogen-bond acceptors (Lipinski definition) is 5. The van der Waals surface area contributed by atoms with Crippen LogP contribution in [0, 0.1) is 0 Å². The molecule has 0 spiro atoms. The molecule has 0 unspecified atom stereocenters. The zero-order chi connectivity index (χ0) is 19.2.